The van der Waals surface area contributed by atoms with E-state index in [1.807, 2.05) is 19.1 Å². The van der Waals surface area contributed by atoms with Crippen LogP contribution in [0.2, 0.25) is 0 Å². The summed E-state index contributed by atoms with van der Waals surface area (Å²) in [5, 5.41) is 42.0. The van der Waals surface area contributed by atoms with E-state index in [0.717, 1.165) is 24.5 Å². The highest BCUT2D eigenvalue weighted by Crippen LogP contribution is 2.47. The van der Waals surface area contributed by atoms with Crippen molar-refractivity contribution < 1.29 is 34.7 Å². The molecule has 0 heterocycles. The normalized spacial score (nSPS) is 19.7. The van der Waals surface area contributed by atoms with Crippen LogP contribution in [0.3, 0.4) is 0 Å². The summed E-state index contributed by atoms with van der Waals surface area (Å²) in [6, 6.07) is 8.24. The highest BCUT2D eigenvalue weighted by atomic mass is 16.5. The number of ether oxygens (including phenoxy) is 2. The van der Waals surface area contributed by atoms with Gasteiger partial charge in [0.15, 0.2) is 28.8 Å². The Bertz CT molecular complexity index is 1440. The third kappa shape index (κ3) is 9.13. The third-order valence-electron chi connectivity index (χ3n) is 7.92. The molecule has 0 fully saturated rings. The first kappa shape index (κ1) is 33.3. The Morgan fingerprint density at radius 1 is 1.02 bits per heavy atom. The molecule has 0 amide bonds. The summed E-state index contributed by atoms with van der Waals surface area (Å²) >= 11 is 0. The number of ketones is 1. The van der Waals surface area contributed by atoms with Crippen molar-refractivity contribution in [3.05, 3.63) is 94.3 Å². The summed E-state index contributed by atoms with van der Waals surface area (Å²) in [7, 11) is 2.93. The molecule has 4 N–H and O–H groups in total. The number of phenols is 2. The van der Waals surface area contributed by atoms with Gasteiger partial charge >= 0.3 is 0 Å². The van der Waals surface area contributed by atoms with Crippen molar-refractivity contribution in [2.75, 3.05) is 14.2 Å². The van der Waals surface area contributed by atoms with Crippen molar-refractivity contribution >= 4 is 17.9 Å². The highest BCUT2D eigenvalue weighted by Gasteiger charge is 2.35. The molecule has 7 heteroatoms. The van der Waals surface area contributed by atoms with Crippen molar-refractivity contribution in [3.63, 3.8) is 0 Å². The Hall–Kier alpha value is -4.23. The van der Waals surface area contributed by atoms with E-state index in [0.29, 0.717) is 34.6 Å². The monoisotopic (exact) mass is 588 g/mol. The fraction of sp³-hybridized carbons (Fsp3) is 0.361. The van der Waals surface area contributed by atoms with Crippen LogP contribution in [0.5, 0.6) is 23.0 Å². The van der Waals surface area contributed by atoms with E-state index in [-0.39, 0.29) is 35.0 Å². The standard InChI is InChI=1S/C36H44O7/c1-22(2)8-7-9-23(3)29-21-33(40)24(4)16-30(29)31-17-26(19-35(43-6)36(31)41)11-14-28(38)20-27(37)13-10-25-12-15-32(39)34(18-25)42-5/h8,10-20,23,29-30,33,38-41H,7,9,21H2,1-6H3/b13-10+,14-11+,28-20-/t23-,29+,30-,33-/m0/s1. The van der Waals surface area contributed by atoms with Gasteiger partial charge in [0, 0.05) is 17.6 Å². The van der Waals surface area contributed by atoms with Crippen molar-refractivity contribution in [1.82, 2.24) is 0 Å². The number of hydrogen-bond donors (Lipinski definition) is 4. The molecular weight excluding hydrogens is 544 g/mol. The zero-order chi connectivity index (χ0) is 31.7. The van der Waals surface area contributed by atoms with E-state index in [4.69, 9.17) is 9.47 Å². The summed E-state index contributed by atoms with van der Waals surface area (Å²) < 4.78 is 10.6. The molecule has 1 aliphatic carbocycles. The zero-order valence-corrected chi connectivity index (χ0v) is 25.9. The maximum Gasteiger partial charge on any atom is 0.182 e. The predicted octanol–water partition coefficient (Wildman–Crippen LogP) is 7.65. The van der Waals surface area contributed by atoms with Crippen LogP contribution in [-0.2, 0) is 4.79 Å². The van der Waals surface area contributed by atoms with Gasteiger partial charge in [-0.3, -0.25) is 4.79 Å². The van der Waals surface area contributed by atoms with Crippen LogP contribution in [0, 0.1) is 11.8 Å². The van der Waals surface area contributed by atoms with Gasteiger partial charge in [-0.05, 0) is 105 Å². The Morgan fingerprint density at radius 2 is 1.70 bits per heavy atom. The molecule has 43 heavy (non-hydrogen) atoms. The number of carbonyl (C=O) groups is 1. The predicted molar refractivity (Wildman–Crippen MR) is 172 cm³/mol. The number of aromatic hydroxyl groups is 2. The number of aliphatic hydroxyl groups excluding tert-OH is 2. The van der Waals surface area contributed by atoms with E-state index in [1.165, 1.54) is 38.0 Å². The lowest BCUT2D eigenvalue weighted by molar-refractivity contribution is -0.110. The largest absolute Gasteiger partial charge is 0.508 e. The molecule has 0 radical (unpaired) electrons. The molecular formula is C36H44O7. The second-order valence-electron chi connectivity index (χ2n) is 11.4. The lowest BCUT2D eigenvalue weighted by Crippen LogP contribution is -2.30. The van der Waals surface area contributed by atoms with Gasteiger partial charge in [-0.25, -0.2) is 0 Å². The first-order valence-electron chi connectivity index (χ1n) is 14.5. The number of methoxy groups -OCH3 is 2. The van der Waals surface area contributed by atoms with Gasteiger partial charge in [0.25, 0.3) is 0 Å². The molecule has 2 aromatic carbocycles. The van der Waals surface area contributed by atoms with Crippen LogP contribution < -0.4 is 9.47 Å². The van der Waals surface area contributed by atoms with Crippen LogP contribution in [0.15, 0.2) is 77.6 Å². The Labute approximate surface area is 254 Å². The van der Waals surface area contributed by atoms with Gasteiger partial charge in [-0.2, -0.15) is 0 Å². The topological polar surface area (TPSA) is 116 Å². The minimum Gasteiger partial charge on any atom is -0.508 e. The summed E-state index contributed by atoms with van der Waals surface area (Å²) in [5.41, 5.74) is 4.17. The molecule has 7 nitrogen and oxygen atoms in total. The fourth-order valence-corrected chi connectivity index (χ4v) is 5.42. The van der Waals surface area contributed by atoms with Crippen LogP contribution in [0.25, 0.3) is 12.2 Å². The molecule has 230 valence electrons. The van der Waals surface area contributed by atoms with E-state index < -0.39 is 11.9 Å². The average Bonchev–Trinajstić information content (AvgIpc) is 2.97. The van der Waals surface area contributed by atoms with Crippen LogP contribution in [0.1, 0.15) is 69.6 Å². The molecule has 3 rings (SSSR count). The van der Waals surface area contributed by atoms with Gasteiger partial charge in [0.05, 0.1) is 20.3 Å². The number of carbonyl (C=O) groups excluding carboxylic acids is 1. The van der Waals surface area contributed by atoms with Gasteiger partial charge in [0.1, 0.15) is 5.76 Å². The number of hydrogen-bond acceptors (Lipinski definition) is 7. The molecule has 0 unspecified atom stereocenters. The molecule has 1 aliphatic rings. The average molecular weight is 589 g/mol. The van der Waals surface area contributed by atoms with Crippen LogP contribution in [0.4, 0.5) is 0 Å². The molecule has 4 atom stereocenters. The molecule has 0 saturated carbocycles. The van der Waals surface area contributed by atoms with E-state index in [9.17, 15) is 25.2 Å². The Balaban J connectivity index is 1.86. The molecule has 0 bridgehead atoms. The summed E-state index contributed by atoms with van der Waals surface area (Å²) in [5.74, 6) is 0.233. The second kappa shape index (κ2) is 15.3. The van der Waals surface area contributed by atoms with E-state index in [2.05, 4.69) is 26.8 Å². The van der Waals surface area contributed by atoms with Crippen LogP contribution >= 0.6 is 0 Å². The number of aliphatic hydroxyl groups is 2. The molecule has 0 aliphatic heterocycles. The van der Waals surface area contributed by atoms with Crippen molar-refractivity contribution in [1.29, 1.82) is 0 Å². The van der Waals surface area contributed by atoms with Crippen molar-refractivity contribution in [2.45, 2.75) is 59.0 Å². The minimum absolute atomic E-state index is 0.000545. The quantitative estimate of drug-likeness (QED) is 0.0871. The fourth-order valence-electron chi connectivity index (χ4n) is 5.42. The summed E-state index contributed by atoms with van der Waals surface area (Å²) in [4.78, 5) is 12.4. The summed E-state index contributed by atoms with van der Waals surface area (Å²) in [6.45, 7) is 8.28. The van der Waals surface area contributed by atoms with Crippen LogP contribution in [-0.4, -0.2) is 46.5 Å². The third-order valence-corrected chi connectivity index (χ3v) is 7.92. The van der Waals surface area contributed by atoms with Crippen molar-refractivity contribution in [3.8, 4) is 23.0 Å². The first-order valence-corrected chi connectivity index (χ1v) is 14.5. The van der Waals surface area contributed by atoms with Gasteiger partial charge in [0.2, 0.25) is 0 Å². The highest BCUT2D eigenvalue weighted by molar-refractivity contribution is 6.02. The second-order valence-corrected chi connectivity index (χ2v) is 11.4. The lowest BCUT2D eigenvalue weighted by Gasteiger charge is -2.37. The zero-order valence-electron chi connectivity index (χ0n) is 25.9. The Morgan fingerprint density at radius 3 is 2.37 bits per heavy atom. The van der Waals surface area contributed by atoms with E-state index in [1.54, 1.807) is 30.4 Å². The first-order chi connectivity index (χ1) is 20.4. The smallest absolute Gasteiger partial charge is 0.182 e. The molecule has 2 aromatic rings. The van der Waals surface area contributed by atoms with Gasteiger partial charge in [-0.1, -0.05) is 42.9 Å². The number of allylic oxidation sites excluding steroid dienone is 6. The van der Waals surface area contributed by atoms with Crippen molar-refractivity contribution in [2.24, 2.45) is 11.8 Å². The van der Waals surface area contributed by atoms with E-state index >= 15 is 0 Å². The minimum atomic E-state index is -0.524. The SMILES string of the molecule is COc1cc(/C=C/C(=O)/C=C(O)/C=C/c2cc(OC)c(O)c([C@H]3C=C(C)[C@@H](O)C[C@@H]3[C@@H](C)CCC=C(C)C)c2)ccc1O. The van der Waals surface area contributed by atoms with Gasteiger partial charge in [-0.15, -0.1) is 0 Å². The number of benzene rings is 2. The maximum absolute atomic E-state index is 12.4. The number of phenolic OH excluding ortho intramolecular Hbond substituents is 2. The number of rotatable bonds is 12. The Kier molecular flexibility index (Phi) is 11.8. The maximum atomic E-state index is 12.4. The lowest BCUT2D eigenvalue weighted by atomic mass is 9.69. The molecule has 0 aromatic heterocycles. The molecule has 0 spiro atoms. The molecule has 0 saturated heterocycles. The van der Waals surface area contributed by atoms with Gasteiger partial charge < -0.3 is 29.9 Å². The summed E-state index contributed by atoms with van der Waals surface area (Å²) in [6.07, 6.45) is 13.3.